The maximum Gasteiger partial charge on any atom is 1.00 e. The van der Waals surface area contributed by atoms with Crippen molar-refractivity contribution in [1.29, 1.82) is 0 Å². The van der Waals surface area contributed by atoms with Crippen molar-refractivity contribution in [1.82, 2.24) is 20.4 Å². The van der Waals surface area contributed by atoms with Crippen LogP contribution in [0.15, 0.2) is 81.6 Å². The van der Waals surface area contributed by atoms with Crippen LogP contribution in [0.25, 0.3) is 32.6 Å². The van der Waals surface area contributed by atoms with E-state index in [0.717, 1.165) is 0 Å². The number of aromatic nitrogens is 4. The van der Waals surface area contributed by atoms with Gasteiger partial charge in [0.2, 0.25) is 34.9 Å². The smallest absolute Gasteiger partial charge is 0.716 e. The number of phenolic OH excluding ortho intramolecular Hbond substituents is 1. The monoisotopic (exact) mass is 870 g/mol. The summed E-state index contributed by atoms with van der Waals surface area (Å²) in [6, 6.07) is 16.9. The SMILES string of the molecule is [C-]#[N+]c1ccc(N[C@@H](c2nnc(-c3ccc(O)cc3)o2)[C@H](C)O)c(C)c1Cl.[C-]#[N+]c1ccc(N[C@@H](c2nnc(-c3ccc(OS(=O)(=O)[O-])cc3)o2)[C@H](C)O)c(C)c1Cl.[Na+]. The predicted octanol–water partition coefficient (Wildman–Crippen LogP) is 5.12. The van der Waals surface area contributed by atoms with Crippen LogP contribution in [-0.2, 0) is 10.4 Å². The Bertz CT molecular complexity index is 2590. The van der Waals surface area contributed by atoms with Gasteiger partial charge >= 0.3 is 29.6 Å². The van der Waals surface area contributed by atoms with Gasteiger partial charge in [0, 0.05) is 22.5 Å². The quantitative estimate of drug-likeness (QED) is 0.0465. The van der Waals surface area contributed by atoms with Gasteiger partial charge < -0.3 is 43.5 Å². The fourth-order valence-corrected chi connectivity index (χ4v) is 6.03. The number of benzene rings is 4. The molecule has 0 aliphatic carbocycles. The van der Waals surface area contributed by atoms with Crippen LogP contribution in [0.2, 0.25) is 10.0 Å². The zero-order valence-electron chi connectivity index (χ0n) is 31.9. The molecule has 300 valence electrons. The van der Waals surface area contributed by atoms with Crippen LogP contribution in [0.5, 0.6) is 11.5 Å². The summed E-state index contributed by atoms with van der Waals surface area (Å²) in [7, 11) is -4.88. The zero-order valence-corrected chi connectivity index (χ0v) is 36.2. The number of rotatable bonds is 12. The number of aliphatic hydroxyl groups is 2. The third-order valence-electron chi connectivity index (χ3n) is 8.39. The molecule has 0 aliphatic heterocycles. The van der Waals surface area contributed by atoms with Crippen LogP contribution >= 0.6 is 23.2 Å². The summed E-state index contributed by atoms with van der Waals surface area (Å²) >= 11 is 12.4. The summed E-state index contributed by atoms with van der Waals surface area (Å²) in [5.74, 6) is 0.664. The van der Waals surface area contributed by atoms with E-state index in [1.807, 2.05) is 0 Å². The molecule has 0 amide bonds. The Labute approximate surface area is 370 Å². The van der Waals surface area contributed by atoms with Gasteiger partial charge in [0.15, 0.2) is 0 Å². The molecule has 2 heterocycles. The third kappa shape index (κ3) is 11.7. The fourth-order valence-electron chi connectivity index (χ4n) is 5.27. The molecule has 0 fully saturated rings. The summed E-state index contributed by atoms with van der Waals surface area (Å²) < 4.78 is 47.6. The van der Waals surface area contributed by atoms with E-state index in [-0.39, 0.29) is 64.6 Å². The number of halogens is 2. The molecule has 6 rings (SSSR count). The minimum Gasteiger partial charge on any atom is -0.716 e. The predicted molar refractivity (Wildman–Crippen MR) is 212 cm³/mol. The molecule has 0 bridgehead atoms. The van der Waals surface area contributed by atoms with Crippen LogP contribution in [0.3, 0.4) is 0 Å². The second-order valence-electron chi connectivity index (χ2n) is 12.5. The molecule has 0 spiro atoms. The van der Waals surface area contributed by atoms with E-state index in [1.165, 1.54) is 36.4 Å². The molecular formula is C38H33Cl2N8NaO9S. The van der Waals surface area contributed by atoms with Crippen LogP contribution in [0.1, 0.15) is 48.8 Å². The molecule has 0 saturated carbocycles. The molecule has 5 N–H and O–H groups in total. The zero-order chi connectivity index (χ0) is 42.3. The van der Waals surface area contributed by atoms with Crippen molar-refractivity contribution in [3.05, 3.63) is 129 Å². The van der Waals surface area contributed by atoms with Crippen molar-refractivity contribution in [2.45, 2.75) is 52.0 Å². The van der Waals surface area contributed by atoms with Gasteiger partial charge in [-0.1, -0.05) is 35.3 Å². The van der Waals surface area contributed by atoms with Crippen molar-refractivity contribution in [2.75, 3.05) is 10.6 Å². The van der Waals surface area contributed by atoms with Gasteiger partial charge in [-0.2, -0.15) is 0 Å². The Kier molecular flexibility index (Phi) is 15.9. The van der Waals surface area contributed by atoms with E-state index in [9.17, 15) is 28.3 Å². The van der Waals surface area contributed by atoms with Crippen molar-refractivity contribution in [3.63, 3.8) is 0 Å². The average molecular weight is 872 g/mol. The number of aliphatic hydroxyl groups excluding tert-OH is 2. The summed E-state index contributed by atoms with van der Waals surface area (Å²) in [5.41, 5.74) is 4.33. The van der Waals surface area contributed by atoms with E-state index in [1.54, 1.807) is 64.1 Å². The number of phenols is 1. The standard InChI is InChI=1S/C19H17ClN4O6S.C19H17ClN4O3.Na/c1-10-14(8-9-15(21-3)16(10)20)22-17(11(2)25)19-24-23-18(29-19)12-4-6-13(7-5-12)30-31(26,27)28;1-10-14(8-9-15(21-3)16(10)20)22-17(11(2)25)19-24-23-18(27-19)12-4-6-13(26)7-5-12;/h4-9,11,17,22,25H,1-2H3,(H,26,27,28);4-9,11,17,22,25-26H,1-2H3;/q;;+1/p-1/t2*11-,17+;/m00./s1. The first-order valence-electron chi connectivity index (χ1n) is 16.9. The first-order chi connectivity index (χ1) is 27.5. The van der Waals surface area contributed by atoms with Gasteiger partial charge in [-0.15, -0.1) is 20.4 Å². The number of nitrogens with one attached hydrogen (secondary N) is 2. The molecule has 17 nitrogen and oxygen atoms in total. The summed E-state index contributed by atoms with van der Waals surface area (Å²) in [6.45, 7) is 20.9. The first-order valence-corrected chi connectivity index (χ1v) is 19.0. The fraction of sp³-hybridized carbons (Fsp3) is 0.211. The maximum atomic E-state index is 10.7. The molecular weight excluding hydrogens is 838 g/mol. The molecule has 0 saturated heterocycles. The molecule has 59 heavy (non-hydrogen) atoms. The maximum absolute atomic E-state index is 10.7. The molecule has 0 unspecified atom stereocenters. The number of hydrogen-bond donors (Lipinski definition) is 5. The van der Waals surface area contributed by atoms with Crippen LogP contribution < -0.4 is 44.4 Å². The Morgan fingerprint density at radius 2 is 1.10 bits per heavy atom. The average Bonchev–Trinajstić information content (AvgIpc) is 3.87. The summed E-state index contributed by atoms with van der Waals surface area (Å²) in [5, 5.41) is 52.7. The number of nitrogens with zero attached hydrogens (tertiary/aromatic N) is 6. The Morgan fingerprint density at radius 3 is 1.46 bits per heavy atom. The van der Waals surface area contributed by atoms with E-state index in [4.69, 9.17) is 45.2 Å². The van der Waals surface area contributed by atoms with Crippen molar-refractivity contribution < 1.29 is 70.9 Å². The largest absolute Gasteiger partial charge is 1.00 e. The van der Waals surface area contributed by atoms with Gasteiger partial charge in [0.25, 0.3) is 10.4 Å². The minimum absolute atomic E-state index is 0. The Balaban J connectivity index is 0.000000259. The minimum atomic E-state index is -4.88. The van der Waals surface area contributed by atoms with Crippen molar-refractivity contribution in [2.24, 2.45) is 0 Å². The van der Waals surface area contributed by atoms with E-state index < -0.39 is 34.7 Å². The molecule has 0 radical (unpaired) electrons. The van der Waals surface area contributed by atoms with Crippen LogP contribution in [-0.4, -0.2) is 60.9 Å². The second-order valence-corrected chi connectivity index (χ2v) is 14.3. The van der Waals surface area contributed by atoms with Crippen LogP contribution in [0, 0.1) is 27.0 Å². The second kappa shape index (κ2) is 20.1. The molecule has 0 aliphatic rings. The van der Waals surface area contributed by atoms with E-state index >= 15 is 0 Å². The molecule has 2 aromatic heterocycles. The van der Waals surface area contributed by atoms with Gasteiger partial charge in [0.05, 0.1) is 35.4 Å². The summed E-state index contributed by atoms with van der Waals surface area (Å²) in [6.07, 6.45) is -1.76. The topological polar surface area (TPSA) is 238 Å². The van der Waals surface area contributed by atoms with Gasteiger partial charge in [-0.05, 0) is 99.5 Å². The number of hydrogen-bond acceptors (Lipinski definition) is 15. The summed E-state index contributed by atoms with van der Waals surface area (Å²) in [4.78, 5) is 6.72. The Hall–Kier alpha value is -5.25. The molecule has 4 atom stereocenters. The molecule has 21 heteroatoms. The number of aromatic hydroxyl groups is 1. The normalized spacial score (nSPS) is 12.9. The van der Waals surface area contributed by atoms with E-state index in [2.05, 4.69) is 44.9 Å². The Morgan fingerprint density at radius 1 is 0.712 bits per heavy atom. The van der Waals surface area contributed by atoms with Gasteiger partial charge in [-0.3, -0.25) is 0 Å². The third-order valence-corrected chi connectivity index (χ3v) is 9.74. The van der Waals surface area contributed by atoms with Gasteiger partial charge in [0.1, 0.15) is 23.6 Å². The van der Waals surface area contributed by atoms with Crippen LogP contribution in [0.4, 0.5) is 22.7 Å². The van der Waals surface area contributed by atoms with E-state index in [0.29, 0.717) is 55.0 Å². The van der Waals surface area contributed by atoms with Gasteiger partial charge in [-0.25, -0.2) is 18.1 Å². The van der Waals surface area contributed by atoms with Crippen molar-refractivity contribution >= 4 is 56.4 Å². The number of anilines is 2. The molecule has 6 aromatic rings. The molecule has 4 aromatic carbocycles. The van der Waals surface area contributed by atoms with Crippen molar-refractivity contribution in [3.8, 4) is 34.4 Å². The first kappa shape index (κ1) is 46.4.